The number of nitrogens with two attached hydrogens (primary N) is 3. The Morgan fingerprint density at radius 2 is 1.43 bits per heavy atom. The van der Waals surface area contributed by atoms with Gasteiger partial charge in [0, 0.05) is 6.54 Å². The molecule has 200 valence electrons. The predicted molar refractivity (Wildman–Crippen MR) is 131 cm³/mol. The Labute approximate surface area is 208 Å². The molecule has 3 amide bonds. The number of amides is 3. The Balaban J connectivity index is 5.59. The second-order valence-electron chi connectivity index (χ2n) is 8.12. The molecule has 15 heteroatoms. The van der Waals surface area contributed by atoms with E-state index in [9.17, 15) is 34.2 Å². The standard InChI is InChI=1S/C20H37N7O7S/c1-10(2)15(21)18(32)25-11(5-4-7-24-20(22)23)16(30)27-13(9-14(28)29)17(31)26-12(19(33)34)6-8-35-3/h10-13,15H,4-9,21H2,1-3H3,(H,25,32)(H,26,31)(H,27,30)(H,28,29)(H,33,34)(H4,22,23,24). The number of guanidine groups is 1. The fourth-order valence-electron chi connectivity index (χ4n) is 2.76. The van der Waals surface area contributed by atoms with Crippen molar-refractivity contribution >= 4 is 47.4 Å². The maximum atomic E-state index is 12.9. The molecule has 14 nitrogen and oxygen atoms in total. The highest BCUT2D eigenvalue weighted by Gasteiger charge is 2.31. The molecular formula is C20H37N7O7S. The molecule has 0 saturated heterocycles. The van der Waals surface area contributed by atoms with Gasteiger partial charge in [-0.25, -0.2) is 4.79 Å². The van der Waals surface area contributed by atoms with Gasteiger partial charge in [0.25, 0.3) is 0 Å². The van der Waals surface area contributed by atoms with Crippen LogP contribution in [0.2, 0.25) is 0 Å². The van der Waals surface area contributed by atoms with E-state index in [0.29, 0.717) is 5.75 Å². The lowest BCUT2D eigenvalue weighted by molar-refractivity contribution is -0.143. The zero-order valence-corrected chi connectivity index (χ0v) is 21.0. The quantitative estimate of drug-likeness (QED) is 0.0580. The fourth-order valence-corrected chi connectivity index (χ4v) is 3.24. The van der Waals surface area contributed by atoms with Crippen LogP contribution in [0.5, 0.6) is 0 Å². The van der Waals surface area contributed by atoms with Crippen LogP contribution in [0.1, 0.15) is 39.5 Å². The number of hydrogen-bond acceptors (Lipinski definition) is 8. The van der Waals surface area contributed by atoms with Gasteiger partial charge >= 0.3 is 11.9 Å². The van der Waals surface area contributed by atoms with E-state index in [1.807, 2.05) is 0 Å². The van der Waals surface area contributed by atoms with Crippen molar-refractivity contribution in [3.8, 4) is 0 Å². The first-order valence-corrected chi connectivity index (χ1v) is 12.3. The van der Waals surface area contributed by atoms with Crippen LogP contribution < -0.4 is 33.2 Å². The summed E-state index contributed by atoms with van der Waals surface area (Å²) in [6, 6.07) is -4.92. The van der Waals surface area contributed by atoms with E-state index < -0.39 is 60.2 Å². The molecule has 4 atom stereocenters. The Morgan fingerprint density at radius 1 is 0.886 bits per heavy atom. The first-order chi connectivity index (χ1) is 16.3. The molecule has 0 aromatic heterocycles. The number of rotatable bonds is 17. The lowest BCUT2D eigenvalue weighted by Gasteiger charge is -2.25. The lowest BCUT2D eigenvalue weighted by Crippen LogP contribution is -2.58. The first kappa shape index (κ1) is 31.9. The third kappa shape index (κ3) is 13.4. The molecule has 0 spiro atoms. The molecule has 0 rings (SSSR count). The van der Waals surface area contributed by atoms with Crippen LogP contribution >= 0.6 is 11.8 Å². The van der Waals surface area contributed by atoms with Crippen molar-refractivity contribution in [2.24, 2.45) is 28.1 Å². The number of carbonyl (C=O) groups excluding carboxylic acids is 3. The number of aliphatic imine (C=N–C) groups is 1. The normalized spacial score (nSPS) is 14.2. The summed E-state index contributed by atoms with van der Waals surface area (Å²) in [5.41, 5.74) is 16.4. The monoisotopic (exact) mass is 519 g/mol. The van der Waals surface area contributed by atoms with Gasteiger partial charge in [0.15, 0.2) is 5.96 Å². The summed E-state index contributed by atoms with van der Waals surface area (Å²) in [4.78, 5) is 64.6. The second kappa shape index (κ2) is 16.5. The van der Waals surface area contributed by atoms with Crippen molar-refractivity contribution in [1.82, 2.24) is 16.0 Å². The van der Waals surface area contributed by atoms with Crippen LogP contribution in [0.3, 0.4) is 0 Å². The minimum absolute atomic E-state index is 0.0616. The molecular weight excluding hydrogens is 482 g/mol. The van der Waals surface area contributed by atoms with E-state index in [2.05, 4.69) is 20.9 Å². The molecule has 0 saturated carbocycles. The van der Waals surface area contributed by atoms with Gasteiger partial charge in [-0.2, -0.15) is 11.8 Å². The predicted octanol–water partition coefficient (Wildman–Crippen LogP) is -2.21. The average Bonchev–Trinajstić information content (AvgIpc) is 2.76. The van der Waals surface area contributed by atoms with Gasteiger partial charge in [-0.05, 0) is 37.2 Å². The van der Waals surface area contributed by atoms with Crippen molar-refractivity contribution in [3.63, 3.8) is 0 Å². The summed E-state index contributed by atoms with van der Waals surface area (Å²) in [6.45, 7) is 3.61. The molecule has 4 unspecified atom stereocenters. The van der Waals surface area contributed by atoms with Crippen LogP contribution in [0.4, 0.5) is 0 Å². The van der Waals surface area contributed by atoms with Gasteiger partial charge in [0.2, 0.25) is 17.7 Å². The van der Waals surface area contributed by atoms with Crippen molar-refractivity contribution < 1.29 is 34.2 Å². The van der Waals surface area contributed by atoms with Crippen molar-refractivity contribution in [2.75, 3.05) is 18.6 Å². The topological polar surface area (TPSA) is 252 Å². The van der Waals surface area contributed by atoms with E-state index in [-0.39, 0.29) is 37.7 Å². The van der Waals surface area contributed by atoms with Crippen LogP contribution in [0.15, 0.2) is 4.99 Å². The van der Waals surface area contributed by atoms with Crippen molar-refractivity contribution in [2.45, 2.75) is 63.7 Å². The van der Waals surface area contributed by atoms with Gasteiger partial charge in [0.05, 0.1) is 12.5 Å². The largest absolute Gasteiger partial charge is 0.481 e. The summed E-state index contributed by atoms with van der Waals surface area (Å²) < 4.78 is 0. The molecule has 11 N–H and O–H groups in total. The number of thioether (sulfide) groups is 1. The molecule has 0 aliphatic carbocycles. The zero-order chi connectivity index (χ0) is 27.1. The molecule has 0 aromatic carbocycles. The third-order valence-corrected chi connectivity index (χ3v) is 5.48. The molecule has 0 bridgehead atoms. The number of nitrogens with zero attached hydrogens (tertiary/aromatic N) is 1. The van der Waals surface area contributed by atoms with E-state index in [1.54, 1.807) is 20.1 Å². The molecule has 0 aliphatic rings. The molecule has 0 radical (unpaired) electrons. The smallest absolute Gasteiger partial charge is 0.326 e. The van der Waals surface area contributed by atoms with E-state index in [1.165, 1.54) is 11.8 Å². The SMILES string of the molecule is CSCCC(NC(=O)C(CC(=O)O)NC(=O)C(CCCN=C(N)N)NC(=O)C(N)C(C)C)C(=O)O. The maximum absolute atomic E-state index is 12.9. The highest BCUT2D eigenvalue weighted by atomic mass is 32.2. The second-order valence-corrected chi connectivity index (χ2v) is 9.11. The highest BCUT2D eigenvalue weighted by molar-refractivity contribution is 7.98. The molecule has 0 heterocycles. The Morgan fingerprint density at radius 3 is 1.91 bits per heavy atom. The number of carboxylic acid groups (broad SMARTS) is 2. The first-order valence-electron chi connectivity index (χ1n) is 11.0. The lowest BCUT2D eigenvalue weighted by atomic mass is 10.0. The fraction of sp³-hybridized carbons (Fsp3) is 0.700. The van der Waals surface area contributed by atoms with Gasteiger partial charge in [-0.3, -0.25) is 24.2 Å². The molecule has 0 aromatic rings. The van der Waals surface area contributed by atoms with Gasteiger partial charge < -0.3 is 43.4 Å². The van der Waals surface area contributed by atoms with E-state index >= 15 is 0 Å². The average molecular weight is 520 g/mol. The number of carbonyl (C=O) groups is 5. The summed E-state index contributed by atoms with van der Waals surface area (Å²) in [5.74, 6) is -5.03. The van der Waals surface area contributed by atoms with Gasteiger partial charge in [-0.15, -0.1) is 0 Å². The van der Waals surface area contributed by atoms with E-state index in [4.69, 9.17) is 17.2 Å². The zero-order valence-electron chi connectivity index (χ0n) is 20.2. The highest BCUT2D eigenvalue weighted by Crippen LogP contribution is 2.06. The van der Waals surface area contributed by atoms with Crippen LogP contribution in [0.25, 0.3) is 0 Å². The summed E-state index contributed by atoms with van der Waals surface area (Å²) in [7, 11) is 0. The van der Waals surface area contributed by atoms with Gasteiger partial charge in [-0.1, -0.05) is 13.8 Å². The number of carboxylic acids is 2. The Bertz CT molecular complexity index is 775. The summed E-state index contributed by atoms with van der Waals surface area (Å²) >= 11 is 1.38. The Kier molecular flexibility index (Phi) is 15.1. The minimum atomic E-state index is -1.58. The van der Waals surface area contributed by atoms with Gasteiger partial charge in [0.1, 0.15) is 18.1 Å². The number of nitrogens with one attached hydrogen (secondary N) is 3. The molecule has 35 heavy (non-hydrogen) atoms. The maximum Gasteiger partial charge on any atom is 0.326 e. The van der Waals surface area contributed by atoms with E-state index in [0.717, 1.165) is 0 Å². The summed E-state index contributed by atoms with van der Waals surface area (Å²) in [5, 5.41) is 25.6. The Hall–Kier alpha value is -3.07. The van der Waals surface area contributed by atoms with Crippen LogP contribution in [-0.2, 0) is 24.0 Å². The van der Waals surface area contributed by atoms with Crippen molar-refractivity contribution in [1.29, 1.82) is 0 Å². The molecule has 0 fully saturated rings. The van der Waals surface area contributed by atoms with Crippen LogP contribution in [0, 0.1) is 5.92 Å². The summed E-state index contributed by atoms with van der Waals surface area (Å²) in [6.07, 6.45) is 1.41. The van der Waals surface area contributed by atoms with Crippen LogP contribution in [-0.4, -0.2) is 88.6 Å². The van der Waals surface area contributed by atoms with Crippen molar-refractivity contribution in [3.05, 3.63) is 0 Å². The minimum Gasteiger partial charge on any atom is -0.481 e. The number of hydrogen-bond donors (Lipinski definition) is 8. The molecule has 0 aliphatic heterocycles. The number of aliphatic carboxylic acids is 2. The third-order valence-electron chi connectivity index (χ3n) is 4.84.